The molecule has 1 fully saturated rings. The lowest BCUT2D eigenvalue weighted by molar-refractivity contribution is -0.128. The Labute approximate surface area is 171 Å². The van der Waals surface area contributed by atoms with Crippen molar-refractivity contribution in [2.45, 2.75) is 44.4 Å². The largest absolute Gasteiger partial charge is 0.393 e. The molecular formula is C23H29N3O3. The minimum atomic E-state index is -0.230. The summed E-state index contributed by atoms with van der Waals surface area (Å²) in [5.41, 5.74) is 9.11. The van der Waals surface area contributed by atoms with Crippen molar-refractivity contribution in [3.63, 3.8) is 0 Å². The van der Waals surface area contributed by atoms with Gasteiger partial charge in [-0.3, -0.25) is 9.59 Å². The third-order valence-electron chi connectivity index (χ3n) is 5.46. The summed E-state index contributed by atoms with van der Waals surface area (Å²) in [6.45, 7) is 0.502. The molecule has 2 aromatic rings. The number of amides is 2. The molecule has 0 unspecified atom stereocenters. The topological polar surface area (TPSA) is 95.7 Å². The number of hydrogen-bond donors (Lipinski definition) is 3. The summed E-state index contributed by atoms with van der Waals surface area (Å²) in [4.78, 5) is 25.8. The molecule has 1 aliphatic rings. The predicted molar refractivity (Wildman–Crippen MR) is 113 cm³/mol. The molecule has 0 bridgehead atoms. The summed E-state index contributed by atoms with van der Waals surface area (Å²) < 4.78 is 0. The number of aliphatic hydroxyl groups excluding tert-OH is 1. The second kappa shape index (κ2) is 9.67. The van der Waals surface area contributed by atoms with E-state index in [1.165, 1.54) is 0 Å². The van der Waals surface area contributed by atoms with Crippen molar-refractivity contribution < 1.29 is 14.7 Å². The van der Waals surface area contributed by atoms with E-state index < -0.39 is 0 Å². The Bertz CT molecular complexity index is 843. The molecule has 0 radical (unpaired) electrons. The molecule has 0 spiro atoms. The van der Waals surface area contributed by atoms with Gasteiger partial charge >= 0.3 is 0 Å². The molecule has 1 aliphatic carbocycles. The minimum Gasteiger partial charge on any atom is -0.393 e. The maximum absolute atomic E-state index is 12.5. The Balaban J connectivity index is 1.64. The molecule has 4 N–H and O–H groups in total. The highest BCUT2D eigenvalue weighted by Crippen LogP contribution is 2.22. The van der Waals surface area contributed by atoms with Crippen LogP contribution in [0.3, 0.4) is 0 Å². The lowest BCUT2D eigenvalue weighted by atomic mass is 9.93. The molecule has 2 amide bonds. The second-order valence-corrected chi connectivity index (χ2v) is 7.71. The SMILES string of the molecule is CN(Cc1cccc(-c2ccc(C(=O)N[C@H]3CC[C@H](O)CC3)cc2)c1)C(=O)CN. The summed E-state index contributed by atoms with van der Waals surface area (Å²) in [5, 5.41) is 12.7. The Hall–Kier alpha value is -2.70. The molecule has 29 heavy (non-hydrogen) atoms. The highest BCUT2D eigenvalue weighted by molar-refractivity contribution is 5.94. The molecule has 0 saturated heterocycles. The van der Waals surface area contributed by atoms with E-state index in [1.807, 2.05) is 48.5 Å². The summed E-state index contributed by atoms with van der Waals surface area (Å²) in [7, 11) is 1.74. The van der Waals surface area contributed by atoms with Gasteiger partial charge in [-0.25, -0.2) is 0 Å². The summed E-state index contributed by atoms with van der Waals surface area (Å²) in [5.74, 6) is -0.174. The van der Waals surface area contributed by atoms with Crippen LogP contribution in [0.1, 0.15) is 41.6 Å². The highest BCUT2D eigenvalue weighted by Gasteiger charge is 2.21. The number of nitrogens with two attached hydrogens (primary N) is 1. The Morgan fingerprint density at radius 2 is 1.76 bits per heavy atom. The first-order valence-corrected chi connectivity index (χ1v) is 10.1. The number of carbonyl (C=O) groups excluding carboxylic acids is 2. The van der Waals surface area contributed by atoms with E-state index >= 15 is 0 Å². The average Bonchev–Trinajstić information content (AvgIpc) is 2.75. The normalized spacial score (nSPS) is 18.9. The predicted octanol–water partition coefficient (Wildman–Crippen LogP) is 2.30. The van der Waals surface area contributed by atoms with Gasteiger partial charge in [-0.15, -0.1) is 0 Å². The monoisotopic (exact) mass is 395 g/mol. The van der Waals surface area contributed by atoms with E-state index in [-0.39, 0.29) is 30.5 Å². The first kappa shape index (κ1) is 21.0. The lowest BCUT2D eigenvalue weighted by Crippen LogP contribution is -2.38. The standard InChI is InChI=1S/C23H29N3O3/c1-26(22(28)14-24)15-16-3-2-4-19(13-16)17-5-7-18(8-6-17)23(29)25-20-9-11-21(27)12-10-20/h2-8,13,20-21,27H,9-12,14-15,24H2,1H3,(H,25,29)/t20-,21-. The Morgan fingerprint density at radius 1 is 1.07 bits per heavy atom. The highest BCUT2D eigenvalue weighted by atomic mass is 16.3. The van der Waals surface area contributed by atoms with Gasteiger partial charge in [0, 0.05) is 25.2 Å². The number of likely N-dealkylation sites (N-methyl/N-ethyl adjacent to an activating group) is 1. The number of aliphatic hydroxyl groups is 1. The Morgan fingerprint density at radius 3 is 2.41 bits per heavy atom. The molecule has 3 rings (SSSR count). The van der Waals surface area contributed by atoms with Crippen LogP contribution < -0.4 is 11.1 Å². The van der Waals surface area contributed by atoms with Gasteiger partial charge < -0.3 is 21.1 Å². The van der Waals surface area contributed by atoms with Gasteiger partial charge in [-0.1, -0.05) is 30.3 Å². The van der Waals surface area contributed by atoms with Crippen molar-refractivity contribution in [3.8, 4) is 11.1 Å². The number of carbonyl (C=O) groups is 2. The molecule has 6 nitrogen and oxygen atoms in total. The van der Waals surface area contributed by atoms with Crippen LogP contribution in [0.4, 0.5) is 0 Å². The number of nitrogens with zero attached hydrogens (tertiary/aromatic N) is 1. The zero-order chi connectivity index (χ0) is 20.8. The van der Waals surface area contributed by atoms with Crippen molar-refractivity contribution in [2.75, 3.05) is 13.6 Å². The molecule has 6 heteroatoms. The van der Waals surface area contributed by atoms with E-state index in [4.69, 9.17) is 5.73 Å². The van der Waals surface area contributed by atoms with Crippen LogP contribution in [-0.2, 0) is 11.3 Å². The third kappa shape index (κ3) is 5.65. The van der Waals surface area contributed by atoms with Gasteiger partial charge in [0.05, 0.1) is 12.6 Å². The van der Waals surface area contributed by atoms with Crippen molar-refractivity contribution in [3.05, 3.63) is 59.7 Å². The van der Waals surface area contributed by atoms with Crippen LogP contribution >= 0.6 is 0 Å². The van der Waals surface area contributed by atoms with Crippen molar-refractivity contribution in [2.24, 2.45) is 5.73 Å². The molecule has 2 aromatic carbocycles. The molecule has 0 atom stereocenters. The molecule has 154 valence electrons. The molecular weight excluding hydrogens is 366 g/mol. The van der Waals surface area contributed by atoms with Crippen LogP contribution in [0.15, 0.2) is 48.5 Å². The van der Waals surface area contributed by atoms with Crippen LogP contribution in [-0.4, -0.2) is 47.6 Å². The molecule has 0 heterocycles. The first-order valence-electron chi connectivity index (χ1n) is 10.1. The fourth-order valence-electron chi connectivity index (χ4n) is 3.67. The average molecular weight is 396 g/mol. The summed E-state index contributed by atoms with van der Waals surface area (Å²) >= 11 is 0. The maximum atomic E-state index is 12.5. The van der Waals surface area contributed by atoms with Crippen LogP contribution in [0.2, 0.25) is 0 Å². The number of rotatable bonds is 6. The van der Waals surface area contributed by atoms with Crippen LogP contribution in [0.25, 0.3) is 11.1 Å². The van der Waals surface area contributed by atoms with Gasteiger partial charge in [0.1, 0.15) is 0 Å². The number of benzene rings is 2. The summed E-state index contributed by atoms with van der Waals surface area (Å²) in [6.07, 6.45) is 2.89. The van der Waals surface area contributed by atoms with Crippen LogP contribution in [0, 0.1) is 0 Å². The number of hydrogen-bond acceptors (Lipinski definition) is 4. The van der Waals surface area contributed by atoms with Crippen molar-refractivity contribution in [1.82, 2.24) is 10.2 Å². The zero-order valence-electron chi connectivity index (χ0n) is 16.8. The minimum absolute atomic E-state index is 0.00115. The first-order chi connectivity index (χ1) is 14.0. The smallest absolute Gasteiger partial charge is 0.251 e. The van der Waals surface area contributed by atoms with E-state index in [0.717, 1.165) is 42.4 Å². The molecule has 0 aliphatic heterocycles. The fraction of sp³-hybridized carbons (Fsp3) is 0.391. The van der Waals surface area contributed by atoms with E-state index in [2.05, 4.69) is 5.32 Å². The molecule has 1 saturated carbocycles. The van der Waals surface area contributed by atoms with E-state index in [1.54, 1.807) is 11.9 Å². The quantitative estimate of drug-likeness (QED) is 0.699. The van der Waals surface area contributed by atoms with Gasteiger partial charge in [0.2, 0.25) is 5.91 Å². The van der Waals surface area contributed by atoms with Crippen molar-refractivity contribution in [1.29, 1.82) is 0 Å². The Kier molecular flexibility index (Phi) is 7.01. The van der Waals surface area contributed by atoms with E-state index in [9.17, 15) is 14.7 Å². The molecule has 0 aromatic heterocycles. The van der Waals surface area contributed by atoms with Gasteiger partial charge in [0.25, 0.3) is 5.91 Å². The second-order valence-electron chi connectivity index (χ2n) is 7.71. The van der Waals surface area contributed by atoms with E-state index in [0.29, 0.717) is 12.1 Å². The lowest BCUT2D eigenvalue weighted by Gasteiger charge is -2.26. The zero-order valence-corrected chi connectivity index (χ0v) is 16.8. The van der Waals surface area contributed by atoms with Gasteiger partial charge in [-0.05, 0) is 60.6 Å². The third-order valence-corrected chi connectivity index (χ3v) is 5.46. The fourth-order valence-corrected chi connectivity index (χ4v) is 3.67. The maximum Gasteiger partial charge on any atom is 0.251 e. The number of nitrogens with one attached hydrogen (secondary N) is 1. The van der Waals surface area contributed by atoms with Gasteiger partial charge in [0.15, 0.2) is 0 Å². The van der Waals surface area contributed by atoms with Crippen LogP contribution in [0.5, 0.6) is 0 Å². The summed E-state index contributed by atoms with van der Waals surface area (Å²) in [6, 6.07) is 15.7. The van der Waals surface area contributed by atoms with Crippen molar-refractivity contribution >= 4 is 11.8 Å². The van der Waals surface area contributed by atoms with Gasteiger partial charge in [-0.2, -0.15) is 0 Å².